The maximum Gasteiger partial charge on any atom is 0.313 e. The van der Waals surface area contributed by atoms with E-state index in [9.17, 15) is 24.3 Å². The second kappa shape index (κ2) is 13.5. The summed E-state index contributed by atoms with van der Waals surface area (Å²) in [5.41, 5.74) is 0.369. The van der Waals surface area contributed by atoms with Gasteiger partial charge in [-0.1, -0.05) is 24.3 Å². The number of carbonyl (C=O) groups is 4. The molecule has 5 rings (SSSR count). The first-order valence-corrected chi connectivity index (χ1v) is 15.8. The van der Waals surface area contributed by atoms with Crippen LogP contribution in [0.2, 0.25) is 0 Å². The number of fused-ring (bicyclic) bond motifs is 2. The van der Waals surface area contributed by atoms with Gasteiger partial charge >= 0.3 is 5.97 Å². The van der Waals surface area contributed by atoms with Crippen LogP contribution >= 0.6 is 0 Å². The van der Waals surface area contributed by atoms with Crippen LogP contribution < -0.4 is 15.1 Å². The Balaban J connectivity index is 1.53. The number of anilines is 2. The van der Waals surface area contributed by atoms with Crippen LogP contribution in [0.15, 0.2) is 48.6 Å². The zero-order valence-corrected chi connectivity index (χ0v) is 25.8. The smallest absolute Gasteiger partial charge is 0.313 e. The first-order chi connectivity index (χ1) is 21.2. The highest BCUT2D eigenvalue weighted by molar-refractivity contribution is 6.05. The number of unbranched alkanes of at least 4 members (excludes halogenated alkanes) is 1. The van der Waals surface area contributed by atoms with Gasteiger partial charge in [0.2, 0.25) is 11.8 Å². The number of aliphatic hydroxyl groups excluding tert-OH is 1. The molecule has 11 heteroatoms. The third kappa shape index (κ3) is 5.87. The predicted octanol–water partition coefficient (Wildman–Crippen LogP) is 2.19. The standard InChI is InChI=1S/C33H44N4O7/c1-4-35(5-2)23-13-15-24(16-14-23)36-19-10-17-33-28(30(40)37(18-8-9-20-38)29(33)31(36)41)27-25(44-33)11-6-7-12-26(39)34-21-22(3)43-32(27)42/h6,10-11,13-17,22,25,27-29,38H,4-5,7-9,12,18-21H2,1-3H3,(H,34,39)/b11-6-/t22-,25-,27+,28+,29-,33+/m1/s1. The number of benzene rings is 1. The van der Waals surface area contributed by atoms with Crippen molar-refractivity contribution in [2.45, 2.75) is 70.3 Å². The van der Waals surface area contributed by atoms with Gasteiger partial charge in [0.25, 0.3) is 5.91 Å². The highest BCUT2D eigenvalue weighted by Crippen LogP contribution is 2.53. The van der Waals surface area contributed by atoms with Crippen LogP contribution in [0.3, 0.4) is 0 Å². The van der Waals surface area contributed by atoms with Crippen LogP contribution in [-0.2, 0) is 28.7 Å². The van der Waals surface area contributed by atoms with Gasteiger partial charge in [-0.25, -0.2) is 0 Å². The molecule has 1 spiro atoms. The Morgan fingerprint density at radius 2 is 1.80 bits per heavy atom. The summed E-state index contributed by atoms with van der Waals surface area (Å²) in [6.45, 7) is 8.24. The Morgan fingerprint density at radius 1 is 1.05 bits per heavy atom. The van der Waals surface area contributed by atoms with Crippen LogP contribution in [0.25, 0.3) is 0 Å². The molecular formula is C33H44N4O7. The molecule has 0 aliphatic carbocycles. The molecule has 2 fully saturated rings. The van der Waals surface area contributed by atoms with E-state index in [2.05, 4.69) is 24.1 Å². The van der Waals surface area contributed by atoms with Gasteiger partial charge in [0, 0.05) is 50.6 Å². The summed E-state index contributed by atoms with van der Waals surface area (Å²) in [6.07, 6.45) is 7.41. The van der Waals surface area contributed by atoms with Gasteiger partial charge in [0.05, 0.1) is 18.6 Å². The molecule has 44 heavy (non-hydrogen) atoms. The Morgan fingerprint density at radius 3 is 2.50 bits per heavy atom. The number of esters is 1. The van der Waals surface area contributed by atoms with Gasteiger partial charge in [-0.15, -0.1) is 0 Å². The van der Waals surface area contributed by atoms with Crippen LogP contribution in [0, 0.1) is 11.8 Å². The highest BCUT2D eigenvalue weighted by Gasteiger charge is 2.71. The van der Waals surface area contributed by atoms with Crippen molar-refractivity contribution in [2.24, 2.45) is 11.8 Å². The topological polar surface area (TPSA) is 129 Å². The van der Waals surface area contributed by atoms with Crippen LogP contribution in [-0.4, -0.2) is 96.9 Å². The summed E-state index contributed by atoms with van der Waals surface area (Å²) >= 11 is 0. The van der Waals surface area contributed by atoms with Crippen LogP contribution in [0.1, 0.15) is 46.5 Å². The molecule has 0 bridgehead atoms. The first kappa shape index (κ1) is 31.7. The second-order valence-electron chi connectivity index (χ2n) is 11.9. The van der Waals surface area contributed by atoms with Gasteiger partial charge < -0.3 is 34.6 Å². The summed E-state index contributed by atoms with van der Waals surface area (Å²) in [5, 5.41) is 12.2. The molecule has 1 aromatic carbocycles. The van der Waals surface area contributed by atoms with Gasteiger partial charge in [-0.2, -0.15) is 0 Å². The van der Waals surface area contributed by atoms with Gasteiger partial charge in [-0.3, -0.25) is 19.2 Å². The fourth-order valence-electron chi connectivity index (χ4n) is 6.96. The number of amides is 3. The Hall–Kier alpha value is -3.70. The lowest BCUT2D eigenvalue weighted by atomic mass is 9.78. The van der Waals surface area contributed by atoms with Crippen molar-refractivity contribution in [3.63, 3.8) is 0 Å². The van der Waals surface area contributed by atoms with E-state index in [1.165, 1.54) is 0 Å². The van der Waals surface area contributed by atoms with Crippen LogP contribution in [0.4, 0.5) is 11.4 Å². The van der Waals surface area contributed by atoms with E-state index in [1.807, 2.05) is 30.3 Å². The molecule has 4 aliphatic heterocycles. The Labute approximate surface area is 258 Å². The maximum atomic E-state index is 14.6. The average Bonchev–Trinajstić information content (AvgIpc) is 3.39. The minimum atomic E-state index is -1.39. The molecule has 0 radical (unpaired) electrons. The molecule has 6 atom stereocenters. The summed E-state index contributed by atoms with van der Waals surface area (Å²) in [4.78, 5) is 60.2. The maximum absolute atomic E-state index is 14.6. The number of rotatable bonds is 8. The Bertz CT molecular complexity index is 1290. The minimum absolute atomic E-state index is 0.0348. The number of carbonyl (C=O) groups excluding carboxylic acids is 4. The SMILES string of the molecule is CCN(CC)c1ccc(N2CC=C[C@]34O[C@@H]5/C=C\CCC(=O)NC[C@@H](C)OC(=O)[C@@H]5[C@H]3C(=O)N(CCCCO)[C@@H]4C2=O)cc1. The third-order valence-electron chi connectivity index (χ3n) is 9.13. The van der Waals surface area contributed by atoms with Gasteiger partial charge in [-0.05, 0) is 64.3 Å². The number of hydrogen-bond acceptors (Lipinski definition) is 8. The number of hydrogen-bond donors (Lipinski definition) is 2. The molecule has 3 amide bonds. The normalized spacial score (nSPS) is 31.2. The minimum Gasteiger partial charge on any atom is -0.460 e. The predicted molar refractivity (Wildman–Crippen MR) is 165 cm³/mol. The van der Waals surface area contributed by atoms with E-state index < -0.39 is 41.7 Å². The molecule has 0 saturated carbocycles. The number of nitrogens with zero attached hydrogens (tertiary/aromatic N) is 3. The van der Waals surface area contributed by atoms with Gasteiger partial charge in [0.15, 0.2) is 0 Å². The highest BCUT2D eigenvalue weighted by atomic mass is 16.6. The van der Waals surface area contributed by atoms with E-state index in [0.29, 0.717) is 24.9 Å². The average molecular weight is 609 g/mol. The van der Waals surface area contributed by atoms with E-state index >= 15 is 0 Å². The van der Waals surface area contributed by atoms with Gasteiger partial charge in [0.1, 0.15) is 23.7 Å². The lowest BCUT2D eigenvalue weighted by Gasteiger charge is -2.35. The Kier molecular flexibility index (Phi) is 9.75. The molecule has 0 unspecified atom stereocenters. The van der Waals surface area contributed by atoms with E-state index in [0.717, 1.165) is 18.8 Å². The summed E-state index contributed by atoms with van der Waals surface area (Å²) in [7, 11) is 0. The summed E-state index contributed by atoms with van der Waals surface area (Å²) in [5.74, 6) is -3.31. The molecule has 11 nitrogen and oxygen atoms in total. The summed E-state index contributed by atoms with van der Waals surface area (Å²) < 4.78 is 12.5. The molecule has 238 valence electrons. The van der Waals surface area contributed by atoms with Crippen molar-refractivity contribution in [3.05, 3.63) is 48.6 Å². The molecular weight excluding hydrogens is 564 g/mol. The largest absolute Gasteiger partial charge is 0.460 e. The summed E-state index contributed by atoms with van der Waals surface area (Å²) in [6, 6.07) is 6.81. The van der Waals surface area contributed by atoms with Crippen molar-refractivity contribution in [2.75, 3.05) is 49.1 Å². The first-order valence-electron chi connectivity index (χ1n) is 15.8. The number of cyclic esters (lactones) is 1. The van der Waals surface area contributed by atoms with Crippen molar-refractivity contribution >= 4 is 35.1 Å². The van der Waals surface area contributed by atoms with Crippen molar-refractivity contribution in [1.29, 1.82) is 0 Å². The van der Waals surface area contributed by atoms with Crippen molar-refractivity contribution in [3.8, 4) is 0 Å². The van der Waals surface area contributed by atoms with E-state index in [1.54, 1.807) is 35.0 Å². The molecule has 4 aliphatic rings. The molecule has 1 aromatic rings. The van der Waals surface area contributed by atoms with Crippen LogP contribution in [0.5, 0.6) is 0 Å². The number of ether oxygens (including phenoxy) is 2. The number of aliphatic hydroxyl groups is 1. The number of likely N-dealkylation sites (tertiary alicyclic amines) is 1. The monoisotopic (exact) mass is 608 g/mol. The quantitative estimate of drug-likeness (QED) is 0.261. The third-order valence-corrected chi connectivity index (χ3v) is 9.13. The fraction of sp³-hybridized carbons (Fsp3) is 0.576. The lowest BCUT2D eigenvalue weighted by Crippen LogP contribution is -2.55. The van der Waals surface area contributed by atoms with E-state index in [4.69, 9.17) is 9.47 Å². The zero-order valence-electron chi connectivity index (χ0n) is 25.8. The lowest BCUT2D eigenvalue weighted by molar-refractivity contribution is -0.158. The number of allylic oxidation sites excluding steroid dienone is 1. The molecule has 2 saturated heterocycles. The molecule has 4 heterocycles. The zero-order chi connectivity index (χ0) is 31.4. The molecule has 2 N–H and O–H groups in total. The van der Waals surface area contributed by atoms with Crippen molar-refractivity contribution in [1.82, 2.24) is 10.2 Å². The van der Waals surface area contributed by atoms with Crippen molar-refractivity contribution < 1.29 is 33.8 Å². The number of nitrogens with one attached hydrogen (secondary N) is 1. The molecule has 0 aromatic heterocycles. The fourth-order valence-corrected chi connectivity index (χ4v) is 6.96. The van der Waals surface area contributed by atoms with E-state index in [-0.39, 0.29) is 50.4 Å². The second-order valence-corrected chi connectivity index (χ2v) is 11.9.